The summed E-state index contributed by atoms with van der Waals surface area (Å²) in [6.45, 7) is 2.13. The molecule has 2 saturated heterocycles. The molecule has 2 aliphatic heterocycles. The van der Waals surface area contributed by atoms with Gasteiger partial charge in [-0.15, -0.1) is 0 Å². The number of hydrogen-bond donors (Lipinski definition) is 1. The van der Waals surface area contributed by atoms with Crippen LogP contribution in [-0.4, -0.2) is 48.0 Å². The number of ether oxygens (including phenoxy) is 2. The van der Waals surface area contributed by atoms with Crippen LogP contribution in [-0.2, 0) is 14.3 Å². The average molecular weight is 246 g/mol. The van der Waals surface area contributed by atoms with Crippen molar-refractivity contribution in [2.75, 3.05) is 31.3 Å². The largest absolute Gasteiger partial charge is 0.479 e. The van der Waals surface area contributed by atoms with Gasteiger partial charge in [0.1, 0.15) is 0 Å². The molecule has 0 spiro atoms. The second-order valence-electron chi connectivity index (χ2n) is 4.47. The van der Waals surface area contributed by atoms with Gasteiger partial charge in [-0.05, 0) is 30.9 Å². The minimum absolute atomic E-state index is 0.468. The summed E-state index contributed by atoms with van der Waals surface area (Å²) >= 11 is 1.67. The van der Waals surface area contributed by atoms with Crippen LogP contribution in [0.3, 0.4) is 0 Å². The standard InChI is InChI=1S/C11H18O4S/c12-10(13)11(3-6-16-8-11)15-7-9-1-4-14-5-2-9/h9H,1-8H2,(H,12,13). The van der Waals surface area contributed by atoms with Crippen LogP contribution in [0.5, 0.6) is 0 Å². The molecule has 2 aliphatic rings. The molecule has 1 unspecified atom stereocenters. The van der Waals surface area contributed by atoms with Crippen molar-refractivity contribution in [1.29, 1.82) is 0 Å². The molecule has 0 saturated carbocycles. The number of rotatable bonds is 4. The Morgan fingerprint density at radius 2 is 2.25 bits per heavy atom. The quantitative estimate of drug-likeness (QED) is 0.812. The summed E-state index contributed by atoms with van der Waals surface area (Å²) in [6, 6.07) is 0. The van der Waals surface area contributed by atoms with E-state index in [1.807, 2.05) is 0 Å². The van der Waals surface area contributed by atoms with Gasteiger partial charge in [0, 0.05) is 19.0 Å². The summed E-state index contributed by atoms with van der Waals surface area (Å²) < 4.78 is 11.0. The third-order valence-electron chi connectivity index (χ3n) is 3.31. The second kappa shape index (κ2) is 5.38. The van der Waals surface area contributed by atoms with Crippen LogP contribution in [0.25, 0.3) is 0 Å². The SMILES string of the molecule is O=C(O)C1(OCC2CCOCC2)CCSC1. The topological polar surface area (TPSA) is 55.8 Å². The van der Waals surface area contributed by atoms with E-state index >= 15 is 0 Å². The summed E-state index contributed by atoms with van der Waals surface area (Å²) in [7, 11) is 0. The molecule has 0 aromatic rings. The van der Waals surface area contributed by atoms with Crippen molar-refractivity contribution in [3.63, 3.8) is 0 Å². The van der Waals surface area contributed by atoms with E-state index in [9.17, 15) is 9.90 Å². The van der Waals surface area contributed by atoms with Gasteiger partial charge in [0.2, 0.25) is 0 Å². The molecule has 0 radical (unpaired) electrons. The Hall–Kier alpha value is -0.260. The molecule has 5 heteroatoms. The Labute approximate surface area is 99.7 Å². The molecule has 0 amide bonds. The first kappa shape index (κ1) is 12.2. The van der Waals surface area contributed by atoms with Gasteiger partial charge in [-0.1, -0.05) is 0 Å². The maximum absolute atomic E-state index is 11.2. The van der Waals surface area contributed by atoms with E-state index in [4.69, 9.17) is 9.47 Å². The van der Waals surface area contributed by atoms with E-state index in [1.54, 1.807) is 11.8 Å². The fraction of sp³-hybridized carbons (Fsp3) is 0.909. The van der Waals surface area contributed by atoms with E-state index in [2.05, 4.69) is 0 Å². The van der Waals surface area contributed by atoms with E-state index in [-0.39, 0.29) is 0 Å². The number of carboxylic acid groups (broad SMARTS) is 1. The molecular formula is C11H18O4S. The molecule has 1 N–H and O–H groups in total. The van der Waals surface area contributed by atoms with Gasteiger partial charge in [0.15, 0.2) is 5.60 Å². The monoisotopic (exact) mass is 246 g/mol. The lowest BCUT2D eigenvalue weighted by Gasteiger charge is -2.28. The van der Waals surface area contributed by atoms with Crippen molar-refractivity contribution in [2.24, 2.45) is 5.92 Å². The van der Waals surface area contributed by atoms with Crippen molar-refractivity contribution in [3.05, 3.63) is 0 Å². The van der Waals surface area contributed by atoms with E-state index in [1.165, 1.54) is 0 Å². The number of aliphatic carboxylic acids is 1. The number of hydrogen-bond acceptors (Lipinski definition) is 4. The summed E-state index contributed by atoms with van der Waals surface area (Å²) in [5.74, 6) is 1.14. The minimum atomic E-state index is -0.914. The number of thioether (sulfide) groups is 1. The van der Waals surface area contributed by atoms with Crippen molar-refractivity contribution in [2.45, 2.75) is 24.9 Å². The van der Waals surface area contributed by atoms with Gasteiger partial charge in [-0.25, -0.2) is 4.79 Å². The maximum atomic E-state index is 11.2. The Kier molecular flexibility index (Phi) is 4.10. The molecule has 16 heavy (non-hydrogen) atoms. The molecule has 92 valence electrons. The predicted molar refractivity (Wildman–Crippen MR) is 61.8 cm³/mol. The molecule has 0 aromatic heterocycles. The molecule has 2 fully saturated rings. The lowest BCUT2D eigenvalue weighted by atomic mass is 10.00. The molecule has 1 atom stereocenters. The Bertz CT molecular complexity index is 244. The lowest BCUT2D eigenvalue weighted by molar-refractivity contribution is -0.165. The molecular weight excluding hydrogens is 228 g/mol. The third-order valence-corrected chi connectivity index (χ3v) is 4.47. The molecule has 4 nitrogen and oxygen atoms in total. The van der Waals surface area contributed by atoms with Crippen LogP contribution < -0.4 is 0 Å². The third kappa shape index (κ3) is 2.70. The van der Waals surface area contributed by atoms with Crippen LogP contribution in [0.4, 0.5) is 0 Å². The second-order valence-corrected chi connectivity index (χ2v) is 5.57. The first-order valence-electron chi connectivity index (χ1n) is 5.76. The van der Waals surface area contributed by atoms with Crippen LogP contribution >= 0.6 is 11.8 Å². The molecule has 0 bridgehead atoms. The highest BCUT2D eigenvalue weighted by Gasteiger charge is 2.43. The van der Waals surface area contributed by atoms with E-state index < -0.39 is 11.6 Å². The van der Waals surface area contributed by atoms with Crippen LogP contribution in [0.1, 0.15) is 19.3 Å². The fourth-order valence-electron chi connectivity index (χ4n) is 2.08. The van der Waals surface area contributed by atoms with Gasteiger partial charge in [-0.2, -0.15) is 11.8 Å². The van der Waals surface area contributed by atoms with Crippen molar-refractivity contribution < 1.29 is 19.4 Å². The zero-order valence-electron chi connectivity index (χ0n) is 9.31. The highest BCUT2D eigenvalue weighted by molar-refractivity contribution is 7.99. The minimum Gasteiger partial charge on any atom is -0.479 e. The molecule has 2 heterocycles. The summed E-state index contributed by atoms with van der Waals surface area (Å²) in [5.41, 5.74) is -0.914. The van der Waals surface area contributed by atoms with Gasteiger partial charge < -0.3 is 14.6 Å². The summed E-state index contributed by atoms with van der Waals surface area (Å²) in [5, 5.41) is 9.23. The Morgan fingerprint density at radius 1 is 1.50 bits per heavy atom. The van der Waals surface area contributed by atoms with Gasteiger partial charge in [0.05, 0.1) is 6.61 Å². The zero-order valence-corrected chi connectivity index (χ0v) is 10.1. The number of carboxylic acids is 1. The number of carbonyl (C=O) groups is 1. The van der Waals surface area contributed by atoms with Crippen LogP contribution in [0.15, 0.2) is 0 Å². The fourth-order valence-corrected chi connectivity index (χ4v) is 3.38. The smallest absolute Gasteiger partial charge is 0.336 e. The summed E-state index contributed by atoms with van der Waals surface area (Å²) in [6.07, 6.45) is 2.61. The van der Waals surface area contributed by atoms with Crippen molar-refractivity contribution in [1.82, 2.24) is 0 Å². The lowest BCUT2D eigenvalue weighted by Crippen LogP contribution is -2.43. The zero-order chi connectivity index (χ0) is 11.4. The molecule has 0 aromatic carbocycles. The Morgan fingerprint density at radius 3 is 2.81 bits per heavy atom. The predicted octanol–water partition coefficient (Wildman–Crippen LogP) is 1.39. The first-order chi connectivity index (χ1) is 7.73. The van der Waals surface area contributed by atoms with Crippen LogP contribution in [0.2, 0.25) is 0 Å². The highest BCUT2D eigenvalue weighted by atomic mass is 32.2. The molecule has 0 aliphatic carbocycles. The van der Waals surface area contributed by atoms with Crippen LogP contribution in [0, 0.1) is 5.92 Å². The van der Waals surface area contributed by atoms with E-state index in [0.717, 1.165) is 31.8 Å². The Balaban J connectivity index is 1.84. The van der Waals surface area contributed by atoms with Gasteiger partial charge >= 0.3 is 5.97 Å². The maximum Gasteiger partial charge on any atom is 0.336 e. The molecule has 2 rings (SSSR count). The van der Waals surface area contributed by atoms with Gasteiger partial charge in [-0.3, -0.25) is 0 Å². The normalized spacial score (nSPS) is 31.8. The summed E-state index contributed by atoms with van der Waals surface area (Å²) in [4.78, 5) is 11.2. The highest BCUT2D eigenvalue weighted by Crippen LogP contribution is 2.32. The first-order valence-corrected chi connectivity index (χ1v) is 6.91. The van der Waals surface area contributed by atoms with Crippen molar-refractivity contribution >= 4 is 17.7 Å². The van der Waals surface area contributed by atoms with E-state index in [0.29, 0.717) is 24.7 Å². The van der Waals surface area contributed by atoms with Crippen molar-refractivity contribution in [3.8, 4) is 0 Å². The average Bonchev–Trinajstić information content (AvgIpc) is 2.78. The van der Waals surface area contributed by atoms with Gasteiger partial charge in [0.25, 0.3) is 0 Å².